The SMILES string of the molecule is CNC(c1cnc2ccccc2n1)c1ccccc1F. The van der Waals surface area contributed by atoms with E-state index in [1.54, 1.807) is 25.4 Å². The molecule has 1 heterocycles. The van der Waals surface area contributed by atoms with Crippen molar-refractivity contribution >= 4 is 11.0 Å². The Hall–Kier alpha value is -2.33. The minimum atomic E-state index is -0.312. The lowest BCUT2D eigenvalue weighted by Gasteiger charge is -2.16. The smallest absolute Gasteiger partial charge is 0.128 e. The van der Waals surface area contributed by atoms with Crippen molar-refractivity contribution < 1.29 is 4.39 Å². The molecule has 1 N–H and O–H groups in total. The van der Waals surface area contributed by atoms with Gasteiger partial charge in [0.1, 0.15) is 5.82 Å². The molecule has 1 unspecified atom stereocenters. The van der Waals surface area contributed by atoms with E-state index in [4.69, 9.17) is 0 Å². The number of nitrogens with zero attached hydrogens (tertiary/aromatic N) is 2. The van der Waals surface area contributed by atoms with E-state index in [0.717, 1.165) is 11.0 Å². The maximum absolute atomic E-state index is 13.9. The standard InChI is InChI=1S/C16H14FN3/c1-18-16(11-6-2-3-7-12(11)17)15-10-19-13-8-4-5-9-14(13)20-15/h2-10,16,18H,1H3. The topological polar surface area (TPSA) is 37.8 Å². The predicted octanol–water partition coefficient (Wildman–Crippen LogP) is 3.08. The van der Waals surface area contributed by atoms with Gasteiger partial charge in [0.05, 0.1) is 29.0 Å². The van der Waals surface area contributed by atoms with Crippen LogP contribution in [0.3, 0.4) is 0 Å². The van der Waals surface area contributed by atoms with E-state index < -0.39 is 0 Å². The highest BCUT2D eigenvalue weighted by atomic mass is 19.1. The van der Waals surface area contributed by atoms with Crippen LogP contribution >= 0.6 is 0 Å². The third-order valence-electron chi connectivity index (χ3n) is 3.27. The highest BCUT2D eigenvalue weighted by Gasteiger charge is 2.17. The van der Waals surface area contributed by atoms with Crippen LogP contribution < -0.4 is 5.32 Å². The monoisotopic (exact) mass is 267 g/mol. The van der Waals surface area contributed by atoms with Crippen molar-refractivity contribution in [1.29, 1.82) is 0 Å². The van der Waals surface area contributed by atoms with Crippen molar-refractivity contribution in [3.63, 3.8) is 0 Å². The quantitative estimate of drug-likeness (QED) is 0.792. The van der Waals surface area contributed by atoms with Gasteiger partial charge in [0, 0.05) is 5.56 Å². The first-order chi connectivity index (χ1) is 9.79. The zero-order valence-corrected chi connectivity index (χ0v) is 11.0. The lowest BCUT2D eigenvalue weighted by Crippen LogP contribution is -2.20. The number of fused-ring (bicyclic) bond motifs is 1. The molecule has 0 aliphatic carbocycles. The number of hydrogen-bond acceptors (Lipinski definition) is 3. The molecular weight excluding hydrogens is 253 g/mol. The van der Waals surface area contributed by atoms with Crippen LogP contribution in [0.4, 0.5) is 4.39 Å². The Labute approximate surface area is 116 Å². The van der Waals surface area contributed by atoms with Gasteiger partial charge in [-0.1, -0.05) is 30.3 Å². The van der Waals surface area contributed by atoms with Gasteiger partial charge in [0.15, 0.2) is 0 Å². The van der Waals surface area contributed by atoms with Crippen molar-refractivity contribution in [2.75, 3.05) is 7.05 Å². The number of benzene rings is 2. The van der Waals surface area contributed by atoms with E-state index in [-0.39, 0.29) is 11.9 Å². The number of rotatable bonds is 3. The van der Waals surface area contributed by atoms with Crippen molar-refractivity contribution in [2.45, 2.75) is 6.04 Å². The molecular formula is C16H14FN3. The fourth-order valence-electron chi connectivity index (χ4n) is 2.28. The maximum Gasteiger partial charge on any atom is 0.128 e. The molecule has 3 rings (SSSR count). The molecule has 1 atom stereocenters. The van der Waals surface area contributed by atoms with Gasteiger partial charge in [-0.05, 0) is 25.2 Å². The molecule has 0 spiro atoms. The Morgan fingerprint density at radius 2 is 1.70 bits per heavy atom. The fourth-order valence-corrected chi connectivity index (χ4v) is 2.28. The van der Waals surface area contributed by atoms with E-state index in [2.05, 4.69) is 15.3 Å². The molecule has 2 aromatic carbocycles. The molecule has 0 bridgehead atoms. The minimum absolute atomic E-state index is 0.248. The first kappa shape index (κ1) is 12.7. The summed E-state index contributed by atoms with van der Waals surface area (Å²) in [4.78, 5) is 8.95. The second-order valence-corrected chi connectivity index (χ2v) is 4.53. The second-order valence-electron chi connectivity index (χ2n) is 4.53. The first-order valence-corrected chi connectivity index (χ1v) is 6.43. The number of nitrogens with one attached hydrogen (secondary N) is 1. The van der Waals surface area contributed by atoms with Gasteiger partial charge >= 0.3 is 0 Å². The predicted molar refractivity (Wildman–Crippen MR) is 76.8 cm³/mol. The molecule has 0 aliphatic rings. The Morgan fingerprint density at radius 3 is 2.45 bits per heavy atom. The zero-order valence-electron chi connectivity index (χ0n) is 11.0. The summed E-state index contributed by atoms with van der Waals surface area (Å²) < 4.78 is 13.9. The molecule has 0 saturated carbocycles. The first-order valence-electron chi connectivity index (χ1n) is 6.43. The summed E-state index contributed by atoms with van der Waals surface area (Å²) in [5.74, 6) is -0.248. The number of aromatic nitrogens is 2. The average Bonchev–Trinajstić information content (AvgIpc) is 2.50. The summed E-state index contributed by atoms with van der Waals surface area (Å²) in [5, 5.41) is 3.10. The summed E-state index contributed by atoms with van der Waals surface area (Å²) in [6, 6.07) is 14.0. The largest absolute Gasteiger partial charge is 0.308 e. The number of halogens is 1. The van der Waals surface area contributed by atoms with E-state index in [9.17, 15) is 4.39 Å². The van der Waals surface area contributed by atoms with Gasteiger partial charge in [-0.3, -0.25) is 4.98 Å². The lowest BCUT2D eigenvalue weighted by molar-refractivity contribution is 0.570. The molecule has 0 aliphatic heterocycles. The molecule has 0 radical (unpaired) electrons. The van der Waals surface area contributed by atoms with Crippen LogP contribution in [-0.2, 0) is 0 Å². The Morgan fingerprint density at radius 1 is 1.00 bits per heavy atom. The number of hydrogen-bond donors (Lipinski definition) is 1. The Bertz CT molecular complexity index is 742. The zero-order chi connectivity index (χ0) is 13.9. The fraction of sp³-hybridized carbons (Fsp3) is 0.125. The van der Waals surface area contributed by atoms with E-state index >= 15 is 0 Å². The van der Waals surface area contributed by atoms with E-state index in [0.29, 0.717) is 11.3 Å². The molecule has 100 valence electrons. The van der Waals surface area contributed by atoms with E-state index in [1.807, 2.05) is 30.3 Å². The number of para-hydroxylation sites is 2. The van der Waals surface area contributed by atoms with Gasteiger partial charge in [0.25, 0.3) is 0 Å². The molecule has 3 nitrogen and oxygen atoms in total. The Kier molecular flexibility index (Phi) is 3.39. The van der Waals surface area contributed by atoms with Gasteiger partial charge in [-0.2, -0.15) is 0 Å². The molecule has 0 saturated heterocycles. The van der Waals surface area contributed by atoms with Crippen molar-refractivity contribution in [2.24, 2.45) is 0 Å². The van der Waals surface area contributed by atoms with Gasteiger partial charge in [-0.25, -0.2) is 9.37 Å². The second kappa shape index (κ2) is 5.35. The van der Waals surface area contributed by atoms with Gasteiger partial charge < -0.3 is 5.32 Å². The molecule has 4 heteroatoms. The highest BCUT2D eigenvalue weighted by molar-refractivity contribution is 5.73. The van der Waals surface area contributed by atoms with Gasteiger partial charge in [-0.15, -0.1) is 0 Å². The molecule has 20 heavy (non-hydrogen) atoms. The van der Waals surface area contributed by atoms with Crippen LogP contribution in [-0.4, -0.2) is 17.0 Å². The molecule has 3 aromatic rings. The maximum atomic E-state index is 13.9. The summed E-state index contributed by atoms with van der Waals surface area (Å²) in [6.45, 7) is 0. The van der Waals surface area contributed by atoms with Crippen molar-refractivity contribution in [3.8, 4) is 0 Å². The van der Waals surface area contributed by atoms with Crippen LogP contribution in [0.5, 0.6) is 0 Å². The van der Waals surface area contributed by atoms with Crippen LogP contribution in [0.1, 0.15) is 17.3 Å². The van der Waals surface area contributed by atoms with Crippen molar-refractivity contribution in [3.05, 3.63) is 71.8 Å². The Balaban J connectivity index is 2.10. The van der Waals surface area contributed by atoms with Crippen LogP contribution in [0.25, 0.3) is 11.0 Å². The molecule has 1 aromatic heterocycles. The van der Waals surface area contributed by atoms with Crippen LogP contribution in [0.2, 0.25) is 0 Å². The lowest BCUT2D eigenvalue weighted by atomic mass is 10.0. The third-order valence-corrected chi connectivity index (χ3v) is 3.27. The summed E-state index contributed by atoms with van der Waals surface area (Å²) in [7, 11) is 1.79. The molecule has 0 amide bonds. The normalized spacial score (nSPS) is 12.5. The summed E-state index contributed by atoms with van der Waals surface area (Å²) in [5.41, 5.74) is 2.91. The van der Waals surface area contributed by atoms with Gasteiger partial charge in [0.2, 0.25) is 0 Å². The van der Waals surface area contributed by atoms with E-state index in [1.165, 1.54) is 6.07 Å². The van der Waals surface area contributed by atoms with Crippen molar-refractivity contribution in [1.82, 2.24) is 15.3 Å². The minimum Gasteiger partial charge on any atom is -0.308 e. The van der Waals surface area contributed by atoms with Crippen LogP contribution in [0, 0.1) is 5.82 Å². The summed E-state index contributed by atoms with van der Waals surface area (Å²) >= 11 is 0. The molecule has 0 fully saturated rings. The third kappa shape index (κ3) is 2.26. The summed E-state index contributed by atoms with van der Waals surface area (Å²) in [6.07, 6.45) is 1.69. The highest BCUT2D eigenvalue weighted by Crippen LogP contribution is 2.23. The average molecular weight is 267 g/mol. The van der Waals surface area contributed by atoms with Crippen LogP contribution in [0.15, 0.2) is 54.7 Å².